The monoisotopic (exact) mass is 537 g/mol. The van der Waals surface area contributed by atoms with Crippen molar-refractivity contribution in [3.63, 3.8) is 0 Å². The molecule has 0 unspecified atom stereocenters. The van der Waals surface area contributed by atoms with E-state index in [1.807, 2.05) is 54.5 Å². The molecule has 3 heteroatoms. The molecule has 0 bridgehead atoms. The van der Waals surface area contributed by atoms with E-state index < -0.39 is 0 Å². The molecule has 39 heavy (non-hydrogen) atoms. The van der Waals surface area contributed by atoms with Crippen molar-refractivity contribution in [2.24, 2.45) is 10.8 Å². The summed E-state index contributed by atoms with van der Waals surface area (Å²) in [5.41, 5.74) is 7.91. The zero-order chi connectivity index (χ0) is 30.4. The van der Waals surface area contributed by atoms with E-state index in [0.29, 0.717) is 12.0 Å². The lowest BCUT2D eigenvalue weighted by Crippen LogP contribution is -2.22. The number of aliphatic hydroxyl groups excluding tert-OH is 1. The number of hydrogen-bond acceptors (Lipinski definition) is 3. The molecule has 1 aromatic carbocycles. The second kappa shape index (κ2) is 17.3. The van der Waals surface area contributed by atoms with Crippen molar-refractivity contribution in [3.05, 3.63) is 70.9 Å². The number of nitrogens with zero attached hydrogens (tertiary/aromatic N) is 1. The fraction of sp³-hybridized carbons (Fsp3) is 0.583. The number of ketones is 1. The summed E-state index contributed by atoms with van der Waals surface area (Å²) in [7, 11) is 0. The summed E-state index contributed by atoms with van der Waals surface area (Å²) in [5.74, 6) is 0.175. The lowest BCUT2D eigenvalue weighted by molar-refractivity contribution is -0.122. The number of aryl methyl sites for hydroxylation is 1. The van der Waals surface area contributed by atoms with E-state index in [9.17, 15) is 4.79 Å². The first-order valence-electron chi connectivity index (χ1n) is 15.1. The SMILES string of the molecule is C=C1C(C(=O)C(C)(C)C)=CC/C1=C/C=C(\C)c1cc(C)cc(N2CCC(C)(C)C2)c1.CC.CC.CCCCO. The van der Waals surface area contributed by atoms with Gasteiger partial charge >= 0.3 is 0 Å². The molecule has 1 aliphatic carbocycles. The van der Waals surface area contributed by atoms with Crippen molar-refractivity contribution in [3.8, 4) is 0 Å². The molecule has 1 N–H and O–H groups in total. The minimum Gasteiger partial charge on any atom is -0.396 e. The minimum atomic E-state index is -0.377. The fourth-order valence-electron chi connectivity index (χ4n) is 4.42. The van der Waals surface area contributed by atoms with Gasteiger partial charge in [0.25, 0.3) is 0 Å². The average Bonchev–Trinajstić information content (AvgIpc) is 3.45. The number of anilines is 1. The third-order valence-electron chi connectivity index (χ3n) is 6.77. The molecule has 0 aromatic heterocycles. The van der Waals surface area contributed by atoms with E-state index in [2.05, 4.69) is 76.4 Å². The van der Waals surface area contributed by atoms with E-state index in [-0.39, 0.29) is 11.2 Å². The van der Waals surface area contributed by atoms with Gasteiger partial charge in [-0.05, 0) is 78.5 Å². The van der Waals surface area contributed by atoms with Gasteiger partial charge in [-0.25, -0.2) is 0 Å². The number of Topliss-reactive ketones (excluding diaryl/α,β-unsaturated/α-hetero) is 1. The van der Waals surface area contributed by atoms with Crippen LogP contribution >= 0.6 is 0 Å². The van der Waals surface area contributed by atoms with Crippen LogP contribution in [0, 0.1) is 17.8 Å². The average molecular weight is 538 g/mol. The molecule has 1 aromatic rings. The van der Waals surface area contributed by atoms with E-state index in [4.69, 9.17) is 5.11 Å². The molecular formula is C36H59NO2. The Morgan fingerprint density at radius 2 is 1.74 bits per heavy atom. The van der Waals surface area contributed by atoms with Crippen LogP contribution in [0.4, 0.5) is 5.69 Å². The van der Waals surface area contributed by atoms with Crippen molar-refractivity contribution in [1.29, 1.82) is 0 Å². The van der Waals surface area contributed by atoms with E-state index in [1.54, 1.807) is 0 Å². The van der Waals surface area contributed by atoms with Crippen LogP contribution in [-0.2, 0) is 4.79 Å². The molecule has 0 radical (unpaired) electrons. The van der Waals surface area contributed by atoms with Crippen molar-refractivity contribution >= 4 is 17.0 Å². The van der Waals surface area contributed by atoms with Crippen LogP contribution in [0.15, 0.2) is 59.7 Å². The maximum Gasteiger partial charge on any atom is 0.168 e. The summed E-state index contributed by atoms with van der Waals surface area (Å²) in [6.45, 7) is 31.8. The Kier molecular flexibility index (Phi) is 16.3. The first-order chi connectivity index (χ1) is 18.3. The maximum atomic E-state index is 12.7. The van der Waals surface area contributed by atoms with Gasteiger partial charge in [-0.3, -0.25) is 4.79 Å². The Bertz CT molecular complexity index is 1010. The first-order valence-corrected chi connectivity index (χ1v) is 15.1. The zero-order valence-corrected chi connectivity index (χ0v) is 27.4. The molecule has 3 rings (SSSR count). The summed E-state index contributed by atoms with van der Waals surface area (Å²) >= 11 is 0. The lowest BCUT2D eigenvalue weighted by atomic mass is 9.84. The molecule has 0 saturated carbocycles. The molecule has 0 spiro atoms. The quantitative estimate of drug-likeness (QED) is 0.392. The number of unbranched alkanes of at least 4 members (excludes halogenated alkanes) is 1. The highest BCUT2D eigenvalue weighted by molar-refractivity contribution is 6.04. The maximum absolute atomic E-state index is 12.7. The van der Waals surface area contributed by atoms with Crippen LogP contribution in [0.25, 0.3) is 5.57 Å². The molecule has 220 valence electrons. The highest BCUT2D eigenvalue weighted by Gasteiger charge is 2.30. The Hall–Kier alpha value is -2.39. The third kappa shape index (κ3) is 11.7. The first kappa shape index (κ1) is 36.6. The number of carbonyl (C=O) groups is 1. The van der Waals surface area contributed by atoms with E-state index in [1.165, 1.54) is 28.8 Å². The van der Waals surface area contributed by atoms with Crippen LogP contribution in [-0.4, -0.2) is 30.6 Å². The molecule has 0 atom stereocenters. The summed E-state index contributed by atoms with van der Waals surface area (Å²) in [5, 5.41) is 8.07. The van der Waals surface area contributed by atoms with Crippen molar-refractivity contribution in [1.82, 2.24) is 0 Å². The van der Waals surface area contributed by atoms with Crippen LogP contribution < -0.4 is 4.90 Å². The van der Waals surface area contributed by atoms with Gasteiger partial charge in [0, 0.05) is 36.4 Å². The predicted molar refractivity (Wildman–Crippen MR) is 175 cm³/mol. The fourth-order valence-corrected chi connectivity index (χ4v) is 4.42. The molecule has 3 nitrogen and oxygen atoms in total. The van der Waals surface area contributed by atoms with Crippen molar-refractivity contribution in [2.45, 2.75) is 109 Å². The lowest BCUT2D eigenvalue weighted by Gasteiger charge is -2.23. The highest BCUT2D eigenvalue weighted by Crippen LogP contribution is 2.36. The molecule has 0 amide bonds. The van der Waals surface area contributed by atoms with Crippen LogP contribution in [0.3, 0.4) is 0 Å². The van der Waals surface area contributed by atoms with E-state index >= 15 is 0 Å². The number of hydrogen-bond donors (Lipinski definition) is 1. The Morgan fingerprint density at radius 3 is 2.21 bits per heavy atom. The van der Waals surface area contributed by atoms with Gasteiger partial charge in [0.15, 0.2) is 5.78 Å². The standard InChI is InChI=1S/C28H37NO.C4H10O.2C2H6/c1-19-15-23(17-24(16-19)29-14-13-28(7,8)18-29)20(2)9-10-22-11-12-25(21(22)3)26(30)27(4,5)6;1-2-3-4-5;2*1-2/h9-10,12,15-17H,3,11,13-14,18H2,1-2,4-8H3;5H,2-4H2,1H3;2*1-2H3/b20-9+,22-10-;;;. The Morgan fingerprint density at radius 1 is 1.13 bits per heavy atom. The second-order valence-corrected chi connectivity index (χ2v) is 11.9. The summed E-state index contributed by atoms with van der Waals surface area (Å²) in [4.78, 5) is 15.2. The predicted octanol–water partition coefficient (Wildman–Crippen LogP) is 9.89. The number of aliphatic hydroxyl groups is 1. The Balaban J connectivity index is 0.00000142. The molecule has 1 aliphatic heterocycles. The van der Waals surface area contributed by atoms with Gasteiger partial charge in [0.05, 0.1) is 0 Å². The normalized spacial score (nSPS) is 17.4. The summed E-state index contributed by atoms with van der Waals surface area (Å²) in [6, 6.07) is 6.87. The van der Waals surface area contributed by atoms with Gasteiger partial charge in [-0.2, -0.15) is 0 Å². The summed E-state index contributed by atoms with van der Waals surface area (Å²) < 4.78 is 0. The van der Waals surface area contributed by atoms with Gasteiger partial charge < -0.3 is 10.0 Å². The second-order valence-electron chi connectivity index (χ2n) is 11.9. The topological polar surface area (TPSA) is 40.5 Å². The number of rotatable bonds is 6. The molecule has 1 fully saturated rings. The van der Waals surface area contributed by atoms with Gasteiger partial charge in [-0.15, -0.1) is 0 Å². The number of carbonyl (C=O) groups excluding carboxylic acids is 1. The Labute approximate surface area is 241 Å². The largest absolute Gasteiger partial charge is 0.396 e. The van der Waals surface area contributed by atoms with Crippen LogP contribution in [0.5, 0.6) is 0 Å². The van der Waals surface area contributed by atoms with Crippen molar-refractivity contribution < 1.29 is 9.90 Å². The molecule has 1 heterocycles. The smallest absolute Gasteiger partial charge is 0.168 e. The van der Waals surface area contributed by atoms with Crippen molar-refractivity contribution in [2.75, 3.05) is 24.6 Å². The zero-order valence-electron chi connectivity index (χ0n) is 27.4. The van der Waals surface area contributed by atoms with Gasteiger partial charge in [-0.1, -0.05) is 107 Å². The van der Waals surface area contributed by atoms with Crippen LogP contribution in [0.2, 0.25) is 0 Å². The minimum absolute atomic E-state index is 0.175. The van der Waals surface area contributed by atoms with Gasteiger partial charge in [0.1, 0.15) is 0 Å². The summed E-state index contributed by atoms with van der Waals surface area (Å²) in [6.07, 6.45) is 10.4. The van der Waals surface area contributed by atoms with Crippen LogP contribution in [0.1, 0.15) is 113 Å². The molecule has 1 saturated heterocycles. The highest BCUT2D eigenvalue weighted by atomic mass is 16.2. The number of benzene rings is 1. The third-order valence-corrected chi connectivity index (χ3v) is 6.77. The number of allylic oxidation sites excluding steroid dienone is 7. The van der Waals surface area contributed by atoms with Gasteiger partial charge in [0.2, 0.25) is 0 Å². The molecular weight excluding hydrogens is 478 g/mol. The molecule has 2 aliphatic rings. The van der Waals surface area contributed by atoms with E-state index in [0.717, 1.165) is 49.1 Å².